The van der Waals surface area contributed by atoms with E-state index in [0.717, 1.165) is 25.3 Å². The largest absolute Gasteiger partial charge is 0.487 e. The van der Waals surface area contributed by atoms with Gasteiger partial charge in [-0.3, -0.25) is 0 Å². The maximum Gasteiger partial charge on any atom is 0.123 e. The molecule has 0 saturated heterocycles. The van der Waals surface area contributed by atoms with Crippen molar-refractivity contribution in [2.24, 2.45) is 0 Å². The smallest absolute Gasteiger partial charge is 0.123 e. The lowest BCUT2D eigenvalue weighted by molar-refractivity contribution is -0.0695. The molecule has 1 saturated carbocycles. The molecule has 20 heavy (non-hydrogen) atoms. The van der Waals surface area contributed by atoms with Gasteiger partial charge in [-0.2, -0.15) is 0 Å². The highest BCUT2D eigenvalue weighted by atomic mass is 16.5. The lowest BCUT2D eigenvalue weighted by Crippen LogP contribution is -2.47. The van der Waals surface area contributed by atoms with E-state index in [1.165, 1.54) is 30.4 Å². The summed E-state index contributed by atoms with van der Waals surface area (Å²) < 4.78 is 11.5. The molecule has 3 nitrogen and oxygen atoms in total. The second kappa shape index (κ2) is 5.05. The van der Waals surface area contributed by atoms with Crippen LogP contribution in [0.3, 0.4) is 0 Å². The number of methoxy groups -OCH3 is 1. The van der Waals surface area contributed by atoms with Crippen LogP contribution in [0.1, 0.15) is 44.2 Å². The van der Waals surface area contributed by atoms with Gasteiger partial charge in [-0.1, -0.05) is 12.1 Å². The van der Waals surface area contributed by atoms with Crippen molar-refractivity contribution in [2.75, 3.05) is 13.7 Å². The van der Waals surface area contributed by atoms with E-state index in [1.807, 2.05) is 7.11 Å². The molecule has 1 N–H and O–H groups in total. The van der Waals surface area contributed by atoms with Gasteiger partial charge in [0.2, 0.25) is 0 Å². The number of fused-ring (bicyclic) bond motifs is 1. The minimum atomic E-state index is -0.0551. The molecule has 0 bridgehead atoms. The van der Waals surface area contributed by atoms with Crippen molar-refractivity contribution in [3.8, 4) is 5.75 Å². The third-order valence-electron chi connectivity index (χ3n) is 4.60. The summed E-state index contributed by atoms with van der Waals surface area (Å²) in [5.41, 5.74) is 2.71. The van der Waals surface area contributed by atoms with Crippen LogP contribution in [-0.2, 0) is 17.7 Å². The highest BCUT2D eigenvalue weighted by Gasteiger charge is 2.36. The van der Waals surface area contributed by atoms with Crippen LogP contribution in [0.5, 0.6) is 5.75 Å². The fourth-order valence-electron chi connectivity index (χ4n) is 3.23. The SMILES string of the molecule is COC1(CNCc2ccc3c(c2)CC(C)(C)O3)CCC1. The molecule has 0 unspecified atom stereocenters. The average Bonchev–Trinajstić information content (AvgIpc) is 2.65. The molecule has 0 atom stereocenters. The summed E-state index contributed by atoms with van der Waals surface area (Å²) in [5, 5.41) is 3.54. The monoisotopic (exact) mass is 275 g/mol. The van der Waals surface area contributed by atoms with Gasteiger partial charge < -0.3 is 14.8 Å². The van der Waals surface area contributed by atoms with Gasteiger partial charge in [0.15, 0.2) is 0 Å². The topological polar surface area (TPSA) is 30.5 Å². The highest BCUT2D eigenvalue weighted by molar-refractivity contribution is 5.41. The average molecular weight is 275 g/mol. The van der Waals surface area contributed by atoms with Crippen molar-refractivity contribution < 1.29 is 9.47 Å². The highest BCUT2D eigenvalue weighted by Crippen LogP contribution is 2.36. The molecule has 110 valence electrons. The summed E-state index contributed by atoms with van der Waals surface area (Å²) in [7, 11) is 1.83. The van der Waals surface area contributed by atoms with E-state index in [0.29, 0.717) is 0 Å². The molecule has 0 aromatic heterocycles. The molecular formula is C17H25NO2. The number of benzene rings is 1. The molecule has 3 heteroatoms. The Hall–Kier alpha value is -1.06. The van der Waals surface area contributed by atoms with E-state index in [1.54, 1.807) is 0 Å². The van der Waals surface area contributed by atoms with Gasteiger partial charge in [0, 0.05) is 26.6 Å². The van der Waals surface area contributed by atoms with Crippen LogP contribution in [0.4, 0.5) is 0 Å². The van der Waals surface area contributed by atoms with E-state index < -0.39 is 0 Å². The predicted octanol–water partition coefficient (Wildman–Crippen LogP) is 3.06. The van der Waals surface area contributed by atoms with Gasteiger partial charge >= 0.3 is 0 Å². The van der Waals surface area contributed by atoms with E-state index >= 15 is 0 Å². The van der Waals surface area contributed by atoms with Gasteiger partial charge in [0.05, 0.1) is 5.60 Å². The van der Waals surface area contributed by atoms with Crippen molar-refractivity contribution in [1.82, 2.24) is 5.32 Å². The Morgan fingerprint density at radius 3 is 2.75 bits per heavy atom. The molecule has 2 aliphatic rings. The fourth-order valence-corrected chi connectivity index (χ4v) is 3.23. The Kier molecular flexibility index (Phi) is 3.51. The summed E-state index contributed by atoms with van der Waals surface area (Å²) in [6, 6.07) is 6.54. The van der Waals surface area contributed by atoms with Crippen molar-refractivity contribution in [3.05, 3.63) is 29.3 Å². The maximum atomic E-state index is 5.91. The Bertz CT molecular complexity index is 486. The van der Waals surface area contributed by atoms with E-state index in [2.05, 4.69) is 37.4 Å². The van der Waals surface area contributed by atoms with Crippen molar-refractivity contribution in [2.45, 2.75) is 57.3 Å². The third-order valence-corrected chi connectivity index (χ3v) is 4.60. The Morgan fingerprint density at radius 2 is 2.10 bits per heavy atom. The van der Waals surface area contributed by atoms with Crippen LogP contribution in [0.15, 0.2) is 18.2 Å². The van der Waals surface area contributed by atoms with Crippen LogP contribution >= 0.6 is 0 Å². The molecule has 3 rings (SSSR count). The molecule has 1 aromatic carbocycles. The minimum absolute atomic E-state index is 0.0551. The molecule has 1 fully saturated rings. The second-order valence-electron chi connectivity index (χ2n) is 6.82. The lowest BCUT2D eigenvalue weighted by Gasteiger charge is -2.40. The minimum Gasteiger partial charge on any atom is -0.487 e. The molecular weight excluding hydrogens is 250 g/mol. The Balaban J connectivity index is 1.57. The number of hydrogen-bond donors (Lipinski definition) is 1. The lowest BCUT2D eigenvalue weighted by atomic mass is 9.80. The number of ether oxygens (including phenoxy) is 2. The Labute approximate surface area is 121 Å². The molecule has 1 aliphatic carbocycles. The van der Waals surface area contributed by atoms with Crippen LogP contribution in [-0.4, -0.2) is 24.9 Å². The van der Waals surface area contributed by atoms with Crippen LogP contribution in [0.25, 0.3) is 0 Å². The fraction of sp³-hybridized carbons (Fsp3) is 0.647. The van der Waals surface area contributed by atoms with Crippen LogP contribution < -0.4 is 10.1 Å². The van der Waals surface area contributed by atoms with Crippen LogP contribution in [0, 0.1) is 0 Å². The normalized spacial score (nSPS) is 21.9. The van der Waals surface area contributed by atoms with E-state index in [-0.39, 0.29) is 11.2 Å². The summed E-state index contributed by atoms with van der Waals surface area (Å²) in [6.45, 7) is 6.13. The molecule has 0 amide bonds. The summed E-state index contributed by atoms with van der Waals surface area (Å²) in [4.78, 5) is 0. The number of nitrogens with one attached hydrogen (secondary N) is 1. The summed E-state index contributed by atoms with van der Waals surface area (Å²) in [5.74, 6) is 1.05. The zero-order chi connectivity index (χ0) is 14.2. The molecule has 1 aliphatic heterocycles. The first kappa shape index (κ1) is 13.9. The first-order chi connectivity index (χ1) is 9.52. The first-order valence-electron chi connectivity index (χ1n) is 7.59. The van der Waals surface area contributed by atoms with Gasteiger partial charge in [0.25, 0.3) is 0 Å². The number of hydrogen-bond acceptors (Lipinski definition) is 3. The second-order valence-corrected chi connectivity index (χ2v) is 6.82. The quantitative estimate of drug-likeness (QED) is 0.896. The Morgan fingerprint density at radius 1 is 1.30 bits per heavy atom. The standard InChI is InChI=1S/C17H25NO2/c1-16(2)10-14-9-13(5-6-15(14)20-16)11-18-12-17(19-3)7-4-8-17/h5-6,9,18H,4,7-8,10-12H2,1-3H3. The van der Waals surface area contributed by atoms with Crippen molar-refractivity contribution in [3.63, 3.8) is 0 Å². The van der Waals surface area contributed by atoms with Gasteiger partial charge in [-0.25, -0.2) is 0 Å². The predicted molar refractivity (Wildman–Crippen MR) is 80.2 cm³/mol. The molecule has 1 aromatic rings. The maximum absolute atomic E-state index is 5.91. The van der Waals surface area contributed by atoms with Gasteiger partial charge in [-0.05, 0) is 50.3 Å². The molecule has 0 radical (unpaired) electrons. The van der Waals surface area contributed by atoms with Gasteiger partial charge in [-0.15, -0.1) is 0 Å². The number of rotatable bonds is 5. The summed E-state index contributed by atoms with van der Waals surface area (Å²) in [6.07, 6.45) is 4.66. The van der Waals surface area contributed by atoms with Crippen molar-refractivity contribution >= 4 is 0 Å². The zero-order valence-electron chi connectivity index (χ0n) is 12.8. The zero-order valence-corrected chi connectivity index (χ0v) is 12.8. The summed E-state index contributed by atoms with van der Waals surface area (Å²) >= 11 is 0. The van der Waals surface area contributed by atoms with E-state index in [9.17, 15) is 0 Å². The molecule has 1 heterocycles. The first-order valence-corrected chi connectivity index (χ1v) is 7.59. The van der Waals surface area contributed by atoms with Gasteiger partial charge in [0.1, 0.15) is 11.4 Å². The van der Waals surface area contributed by atoms with Crippen LogP contribution in [0.2, 0.25) is 0 Å². The van der Waals surface area contributed by atoms with E-state index in [4.69, 9.17) is 9.47 Å². The van der Waals surface area contributed by atoms with Crippen molar-refractivity contribution in [1.29, 1.82) is 0 Å². The molecule has 0 spiro atoms. The third kappa shape index (κ3) is 2.70.